The largest absolute Gasteiger partial charge is 0.333 e. The molecule has 0 bridgehead atoms. The van der Waals surface area contributed by atoms with Crippen LogP contribution in [0.2, 0.25) is 0 Å². The van der Waals surface area contributed by atoms with Gasteiger partial charge in [0.05, 0.1) is 22.0 Å². The zero-order valence-electron chi connectivity index (χ0n) is 13.9. The Morgan fingerprint density at radius 1 is 1.04 bits per heavy atom. The minimum absolute atomic E-state index is 0. The van der Waals surface area contributed by atoms with Crippen molar-refractivity contribution in [3.63, 3.8) is 0 Å². The summed E-state index contributed by atoms with van der Waals surface area (Å²) >= 11 is 1.71. The number of nitrogens with zero attached hydrogens (tertiary/aromatic N) is 2. The third kappa shape index (κ3) is 3.76. The molecule has 1 N–H and O–H groups in total. The molecule has 0 aliphatic heterocycles. The molecular formula is C19H19Cl2N3S. The Hall–Kier alpha value is -1.75. The van der Waals surface area contributed by atoms with Gasteiger partial charge in [-0.15, -0.1) is 24.8 Å². The molecule has 2 aromatic carbocycles. The molecule has 25 heavy (non-hydrogen) atoms. The standard InChI is InChI=1S/C19H17N3S.2ClH/c1-12-15-8-4-3-7-14(15)11-17-18(12)22-19(21-17)23-13(2)16-9-5-6-10-20-16;;/h3-11,13H,1-2H3,(H,21,22);2*1H. The lowest BCUT2D eigenvalue weighted by Crippen LogP contribution is -1.92. The highest BCUT2D eigenvalue weighted by atomic mass is 35.5. The number of fused-ring (bicyclic) bond motifs is 2. The van der Waals surface area contributed by atoms with Crippen molar-refractivity contribution in [1.82, 2.24) is 15.0 Å². The first kappa shape index (κ1) is 19.6. The van der Waals surface area contributed by atoms with Crippen molar-refractivity contribution in [3.8, 4) is 0 Å². The van der Waals surface area contributed by atoms with Crippen LogP contribution < -0.4 is 0 Å². The van der Waals surface area contributed by atoms with Crippen LogP contribution in [0.3, 0.4) is 0 Å². The van der Waals surface area contributed by atoms with Gasteiger partial charge in [0.2, 0.25) is 0 Å². The van der Waals surface area contributed by atoms with Crippen LogP contribution in [0.5, 0.6) is 0 Å². The van der Waals surface area contributed by atoms with Crippen molar-refractivity contribution >= 4 is 58.4 Å². The minimum Gasteiger partial charge on any atom is -0.333 e. The second kappa shape index (κ2) is 8.09. The van der Waals surface area contributed by atoms with Crippen LogP contribution in [0.1, 0.15) is 23.4 Å². The highest BCUT2D eigenvalue weighted by Gasteiger charge is 2.13. The maximum Gasteiger partial charge on any atom is 0.167 e. The molecule has 0 saturated carbocycles. The zero-order valence-corrected chi connectivity index (χ0v) is 16.3. The molecule has 130 valence electrons. The SMILES string of the molecule is Cc1c2ccccc2cc2[nH]c(SC(C)c3ccccn3)nc12.Cl.Cl. The number of imidazole rings is 1. The molecule has 0 saturated heterocycles. The van der Waals surface area contributed by atoms with Gasteiger partial charge in [-0.1, -0.05) is 42.1 Å². The molecule has 4 rings (SSSR count). The molecule has 1 atom stereocenters. The van der Waals surface area contributed by atoms with Gasteiger partial charge in [0.25, 0.3) is 0 Å². The third-order valence-electron chi connectivity index (χ3n) is 4.12. The molecule has 4 aromatic rings. The molecule has 6 heteroatoms. The normalized spacial score (nSPS) is 11.8. The van der Waals surface area contributed by atoms with Crippen LogP contribution in [-0.4, -0.2) is 15.0 Å². The lowest BCUT2D eigenvalue weighted by atomic mass is 10.0. The van der Waals surface area contributed by atoms with E-state index in [4.69, 9.17) is 4.98 Å². The molecule has 0 aliphatic rings. The molecule has 1 unspecified atom stereocenters. The molecule has 0 radical (unpaired) electrons. The van der Waals surface area contributed by atoms with Gasteiger partial charge < -0.3 is 4.98 Å². The number of benzene rings is 2. The van der Waals surface area contributed by atoms with Gasteiger partial charge in [0, 0.05) is 6.20 Å². The fraction of sp³-hybridized carbons (Fsp3) is 0.158. The van der Waals surface area contributed by atoms with Crippen molar-refractivity contribution in [2.45, 2.75) is 24.3 Å². The van der Waals surface area contributed by atoms with E-state index in [1.54, 1.807) is 11.8 Å². The average Bonchev–Trinajstić information content (AvgIpc) is 2.98. The van der Waals surface area contributed by atoms with Gasteiger partial charge in [-0.25, -0.2) is 4.98 Å². The van der Waals surface area contributed by atoms with E-state index in [0.29, 0.717) is 0 Å². The van der Waals surface area contributed by atoms with Gasteiger partial charge in [-0.3, -0.25) is 4.98 Å². The highest BCUT2D eigenvalue weighted by molar-refractivity contribution is 7.99. The number of rotatable bonds is 3. The van der Waals surface area contributed by atoms with E-state index in [1.165, 1.54) is 16.3 Å². The number of H-pyrrole nitrogens is 1. The lowest BCUT2D eigenvalue weighted by Gasteiger charge is -2.07. The van der Waals surface area contributed by atoms with Crippen molar-refractivity contribution < 1.29 is 0 Å². The van der Waals surface area contributed by atoms with E-state index in [0.717, 1.165) is 21.9 Å². The number of aromatic amines is 1. The molecule has 3 nitrogen and oxygen atoms in total. The maximum absolute atomic E-state index is 4.81. The third-order valence-corrected chi connectivity index (χ3v) is 5.13. The van der Waals surface area contributed by atoms with Gasteiger partial charge in [0.1, 0.15) is 0 Å². The van der Waals surface area contributed by atoms with Crippen molar-refractivity contribution in [3.05, 3.63) is 66.0 Å². The van der Waals surface area contributed by atoms with Gasteiger partial charge >= 0.3 is 0 Å². The van der Waals surface area contributed by atoms with E-state index < -0.39 is 0 Å². The number of thioether (sulfide) groups is 1. The summed E-state index contributed by atoms with van der Waals surface area (Å²) in [6, 6.07) is 16.6. The predicted molar refractivity (Wildman–Crippen MR) is 111 cm³/mol. The highest BCUT2D eigenvalue weighted by Crippen LogP contribution is 2.34. The van der Waals surface area contributed by atoms with Crippen LogP contribution in [0, 0.1) is 6.92 Å². The van der Waals surface area contributed by atoms with Crippen LogP contribution in [0.4, 0.5) is 0 Å². The van der Waals surface area contributed by atoms with Gasteiger partial charge in [0.15, 0.2) is 5.16 Å². The molecule has 0 spiro atoms. The Kier molecular flexibility index (Phi) is 6.33. The van der Waals surface area contributed by atoms with E-state index >= 15 is 0 Å². The summed E-state index contributed by atoms with van der Waals surface area (Å²) in [6.45, 7) is 4.30. The Balaban J connectivity index is 0.00000113. The smallest absolute Gasteiger partial charge is 0.167 e. The minimum atomic E-state index is 0. The van der Waals surface area contributed by atoms with Crippen LogP contribution in [0.15, 0.2) is 59.9 Å². The number of pyridine rings is 1. The Labute approximate surface area is 163 Å². The summed E-state index contributed by atoms with van der Waals surface area (Å²) in [5, 5.41) is 3.71. The van der Waals surface area contributed by atoms with E-state index in [2.05, 4.69) is 60.2 Å². The Morgan fingerprint density at radius 3 is 2.56 bits per heavy atom. The van der Waals surface area contributed by atoms with Gasteiger partial charge in [-0.05, 0) is 48.4 Å². The molecule has 0 fully saturated rings. The number of aryl methyl sites for hydroxylation is 1. The number of hydrogen-bond donors (Lipinski definition) is 1. The average molecular weight is 392 g/mol. The molecule has 2 aromatic heterocycles. The second-order valence-corrected chi connectivity index (χ2v) is 7.01. The first-order chi connectivity index (χ1) is 11.2. The number of halogens is 2. The monoisotopic (exact) mass is 391 g/mol. The zero-order chi connectivity index (χ0) is 15.8. The molecule has 2 heterocycles. The summed E-state index contributed by atoms with van der Waals surface area (Å²) in [5.74, 6) is 0. The van der Waals surface area contributed by atoms with Gasteiger partial charge in [-0.2, -0.15) is 0 Å². The van der Waals surface area contributed by atoms with E-state index in [-0.39, 0.29) is 30.1 Å². The Bertz CT molecular complexity index is 986. The summed E-state index contributed by atoms with van der Waals surface area (Å²) in [6.07, 6.45) is 1.84. The summed E-state index contributed by atoms with van der Waals surface area (Å²) in [5.41, 5.74) is 4.45. The molecule has 0 amide bonds. The topological polar surface area (TPSA) is 41.6 Å². The van der Waals surface area contributed by atoms with Crippen LogP contribution in [-0.2, 0) is 0 Å². The first-order valence-corrected chi connectivity index (χ1v) is 8.56. The second-order valence-electron chi connectivity index (χ2n) is 5.68. The van der Waals surface area contributed by atoms with Crippen molar-refractivity contribution in [2.75, 3.05) is 0 Å². The fourth-order valence-corrected chi connectivity index (χ4v) is 3.81. The predicted octanol–water partition coefficient (Wildman–Crippen LogP) is 6.12. The summed E-state index contributed by atoms with van der Waals surface area (Å²) < 4.78 is 0. The van der Waals surface area contributed by atoms with E-state index in [9.17, 15) is 0 Å². The number of hydrogen-bond acceptors (Lipinski definition) is 3. The number of aromatic nitrogens is 3. The summed E-state index contributed by atoms with van der Waals surface area (Å²) in [4.78, 5) is 12.7. The number of nitrogens with one attached hydrogen (secondary N) is 1. The maximum atomic E-state index is 4.81. The lowest BCUT2D eigenvalue weighted by molar-refractivity contribution is 0.983. The van der Waals surface area contributed by atoms with Crippen LogP contribution in [0.25, 0.3) is 21.8 Å². The molecular weight excluding hydrogens is 373 g/mol. The molecule has 0 aliphatic carbocycles. The Morgan fingerprint density at radius 2 is 1.80 bits per heavy atom. The fourth-order valence-electron chi connectivity index (χ4n) is 2.90. The van der Waals surface area contributed by atoms with Crippen molar-refractivity contribution in [1.29, 1.82) is 0 Å². The first-order valence-electron chi connectivity index (χ1n) is 7.68. The van der Waals surface area contributed by atoms with E-state index in [1.807, 2.05) is 18.3 Å². The quantitative estimate of drug-likeness (QED) is 0.427. The van der Waals surface area contributed by atoms with Crippen molar-refractivity contribution in [2.24, 2.45) is 0 Å². The summed E-state index contributed by atoms with van der Waals surface area (Å²) in [7, 11) is 0. The van der Waals surface area contributed by atoms with Crippen LogP contribution >= 0.6 is 36.6 Å².